The summed E-state index contributed by atoms with van der Waals surface area (Å²) in [6.07, 6.45) is 3.92. The van der Waals surface area contributed by atoms with Gasteiger partial charge in [0.15, 0.2) is 0 Å². The Bertz CT molecular complexity index is 392. The second-order valence-corrected chi connectivity index (χ2v) is 5.84. The van der Waals surface area contributed by atoms with Gasteiger partial charge in [-0.25, -0.2) is 0 Å². The van der Waals surface area contributed by atoms with Crippen LogP contribution in [0.1, 0.15) is 25.7 Å². The van der Waals surface area contributed by atoms with Crippen LogP contribution >= 0.6 is 0 Å². The first-order valence-corrected chi connectivity index (χ1v) is 7.38. The number of aliphatic hydroxyl groups is 1. The zero-order chi connectivity index (χ0) is 13.1. The molecule has 1 N–H and O–H groups in total. The molecule has 1 aromatic carbocycles. The number of rotatable bonds is 2. The highest BCUT2D eigenvalue weighted by Gasteiger charge is 2.40. The molecule has 2 saturated heterocycles. The van der Waals surface area contributed by atoms with Crippen LogP contribution in [0.2, 0.25) is 0 Å². The van der Waals surface area contributed by atoms with E-state index in [4.69, 9.17) is 4.74 Å². The van der Waals surface area contributed by atoms with Crippen molar-refractivity contribution in [2.75, 3.05) is 31.2 Å². The molecule has 19 heavy (non-hydrogen) atoms. The maximum atomic E-state index is 10.9. The lowest BCUT2D eigenvalue weighted by atomic mass is 9.77. The molecule has 0 aromatic heterocycles. The van der Waals surface area contributed by atoms with Crippen molar-refractivity contribution in [3.8, 4) is 0 Å². The van der Waals surface area contributed by atoms with Crippen LogP contribution in [-0.2, 0) is 4.74 Å². The molecule has 0 aliphatic carbocycles. The Morgan fingerprint density at radius 3 is 2.53 bits per heavy atom. The van der Waals surface area contributed by atoms with E-state index in [9.17, 15) is 5.11 Å². The SMILES string of the molecule is OC1(C2CCCOC2)CCN(c2ccccc2)CC1. The van der Waals surface area contributed by atoms with Gasteiger partial charge in [0.25, 0.3) is 0 Å². The van der Waals surface area contributed by atoms with Crippen LogP contribution in [0.4, 0.5) is 5.69 Å². The van der Waals surface area contributed by atoms with E-state index in [0.29, 0.717) is 5.92 Å². The maximum absolute atomic E-state index is 10.9. The summed E-state index contributed by atoms with van der Waals surface area (Å²) in [6, 6.07) is 10.5. The summed E-state index contributed by atoms with van der Waals surface area (Å²) in [6.45, 7) is 3.48. The van der Waals surface area contributed by atoms with E-state index in [0.717, 1.165) is 52.0 Å². The largest absolute Gasteiger partial charge is 0.389 e. The predicted molar refractivity (Wildman–Crippen MR) is 76.4 cm³/mol. The summed E-state index contributed by atoms with van der Waals surface area (Å²) < 4.78 is 5.54. The molecular formula is C16H23NO2. The molecule has 0 bridgehead atoms. The molecule has 3 heteroatoms. The number of nitrogens with zero attached hydrogens (tertiary/aromatic N) is 1. The molecule has 2 heterocycles. The van der Waals surface area contributed by atoms with E-state index >= 15 is 0 Å². The quantitative estimate of drug-likeness (QED) is 0.887. The highest BCUT2D eigenvalue weighted by molar-refractivity contribution is 5.46. The van der Waals surface area contributed by atoms with Crippen LogP contribution in [-0.4, -0.2) is 37.0 Å². The summed E-state index contributed by atoms with van der Waals surface area (Å²) in [5, 5.41) is 10.9. The zero-order valence-electron chi connectivity index (χ0n) is 11.4. The van der Waals surface area contributed by atoms with Gasteiger partial charge in [-0.1, -0.05) is 18.2 Å². The van der Waals surface area contributed by atoms with Gasteiger partial charge in [-0.15, -0.1) is 0 Å². The normalized spacial score (nSPS) is 27.2. The molecule has 1 unspecified atom stereocenters. The van der Waals surface area contributed by atoms with Gasteiger partial charge in [0.2, 0.25) is 0 Å². The highest BCUT2D eigenvalue weighted by Crippen LogP contribution is 2.35. The first kappa shape index (κ1) is 12.9. The Morgan fingerprint density at radius 2 is 1.89 bits per heavy atom. The van der Waals surface area contributed by atoms with Crippen molar-refractivity contribution in [1.29, 1.82) is 0 Å². The van der Waals surface area contributed by atoms with Crippen LogP contribution in [0, 0.1) is 5.92 Å². The number of anilines is 1. The minimum Gasteiger partial charge on any atom is -0.389 e. The lowest BCUT2D eigenvalue weighted by Gasteiger charge is -2.44. The number of hydrogen-bond acceptors (Lipinski definition) is 3. The molecule has 2 aliphatic rings. The van der Waals surface area contributed by atoms with E-state index < -0.39 is 5.60 Å². The standard InChI is InChI=1S/C16H23NO2/c18-16(14-5-4-12-19-13-14)8-10-17(11-9-16)15-6-2-1-3-7-15/h1-3,6-7,14,18H,4-5,8-13H2. The second-order valence-electron chi connectivity index (χ2n) is 5.84. The lowest BCUT2D eigenvalue weighted by molar-refractivity contribution is -0.0914. The van der Waals surface area contributed by atoms with E-state index in [1.807, 2.05) is 6.07 Å². The van der Waals surface area contributed by atoms with Gasteiger partial charge in [-0.05, 0) is 37.8 Å². The van der Waals surface area contributed by atoms with Gasteiger partial charge < -0.3 is 14.7 Å². The summed E-state index contributed by atoms with van der Waals surface area (Å²) in [5.41, 5.74) is 0.760. The maximum Gasteiger partial charge on any atom is 0.0731 e. The summed E-state index contributed by atoms with van der Waals surface area (Å²) >= 11 is 0. The fraction of sp³-hybridized carbons (Fsp3) is 0.625. The molecule has 0 radical (unpaired) electrons. The molecule has 3 rings (SSSR count). The monoisotopic (exact) mass is 261 g/mol. The van der Waals surface area contributed by atoms with Gasteiger partial charge in [0, 0.05) is 31.3 Å². The van der Waals surface area contributed by atoms with Crippen LogP contribution in [0.25, 0.3) is 0 Å². The van der Waals surface area contributed by atoms with E-state index in [1.165, 1.54) is 5.69 Å². The summed E-state index contributed by atoms with van der Waals surface area (Å²) in [7, 11) is 0. The fourth-order valence-corrected chi connectivity index (χ4v) is 3.36. The number of para-hydroxylation sites is 1. The lowest BCUT2D eigenvalue weighted by Crippen LogP contribution is -2.51. The van der Waals surface area contributed by atoms with Crippen molar-refractivity contribution in [2.45, 2.75) is 31.3 Å². The third-order valence-corrected chi connectivity index (χ3v) is 4.67. The zero-order valence-corrected chi connectivity index (χ0v) is 11.4. The average molecular weight is 261 g/mol. The van der Waals surface area contributed by atoms with Crippen LogP contribution in [0.5, 0.6) is 0 Å². The highest BCUT2D eigenvalue weighted by atomic mass is 16.5. The van der Waals surface area contributed by atoms with Gasteiger partial charge in [-0.3, -0.25) is 0 Å². The van der Waals surface area contributed by atoms with Gasteiger partial charge in [-0.2, -0.15) is 0 Å². The predicted octanol–water partition coefficient (Wildman–Crippen LogP) is 2.44. The fourth-order valence-electron chi connectivity index (χ4n) is 3.36. The molecule has 104 valence electrons. The topological polar surface area (TPSA) is 32.7 Å². The second kappa shape index (κ2) is 5.51. The Kier molecular flexibility index (Phi) is 3.76. The molecule has 2 aliphatic heterocycles. The Balaban J connectivity index is 1.62. The first-order valence-electron chi connectivity index (χ1n) is 7.38. The summed E-state index contributed by atoms with van der Waals surface area (Å²) in [4.78, 5) is 2.37. The Hall–Kier alpha value is -1.06. The number of piperidine rings is 1. The van der Waals surface area contributed by atoms with Crippen molar-refractivity contribution in [2.24, 2.45) is 5.92 Å². The van der Waals surface area contributed by atoms with E-state index in [2.05, 4.69) is 29.2 Å². The molecule has 3 nitrogen and oxygen atoms in total. The molecular weight excluding hydrogens is 238 g/mol. The van der Waals surface area contributed by atoms with Crippen LogP contribution in [0.3, 0.4) is 0 Å². The van der Waals surface area contributed by atoms with Crippen LogP contribution < -0.4 is 4.90 Å². The molecule has 1 aromatic rings. The Morgan fingerprint density at radius 1 is 1.16 bits per heavy atom. The molecule has 0 spiro atoms. The number of hydrogen-bond donors (Lipinski definition) is 1. The molecule has 0 amide bonds. The minimum absolute atomic E-state index is 0.333. The van der Waals surface area contributed by atoms with Crippen molar-refractivity contribution < 1.29 is 9.84 Å². The van der Waals surface area contributed by atoms with Crippen molar-refractivity contribution in [3.05, 3.63) is 30.3 Å². The smallest absolute Gasteiger partial charge is 0.0731 e. The van der Waals surface area contributed by atoms with Gasteiger partial charge >= 0.3 is 0 Å². The summed E-state index contributed by atoms with van der Waals surface area (Å²) in [5.74, 6) is 0.333. The van der Waals surface area contributed by atoms with Crippen molar-refractivity contribution >= 4 is 5.69 Å². The van der Waals surface area contributed by atoms with Crippen LogP contribution in [0.15, 0.2) is 30.3 Å². The van der Waals surface area contributed by atoms with Crippen molar-refractivity contribution in [1.82, 2.24) is 0 Å². The van der Waals surface area contributed by atoms with E-state index in [-0.39, 0.29) is 0 Å². The Labute approximate surface area is 115 Å². The first-order chi connectivity index (χ1) is 9.28. The van der Waals surface area contributed by atoms with Gasteiger partial charge in [0.1, 0.15) is 0 Å². The molecule has 0 saturated carbocycles. The van der Waals surface area contributed by atoms with Crippen molar-refractivity contribution in [3.63, 3.8) is 0 Å². The number of ether oxygens (including phenoxy) is 1. The third-order valence-electron chi connectivity index (χ3n) is 4.67. The number of benzene rings is 1. The molecule has 2 fully saturated rings. The minimum atomic E-state index is -0.508. The third kappa shape index (κ3) is 2.77. The van der Waals surface area contributed by atoms with Gasteiger partial charge in [0.05, 0.1) is 12.2 Å². The average Bonchev–Trinajstić information content (AvgIpc) is 2.50. The van der Waals surface area contributed by atoms with E-state index in [1.54, 1.807) is 0 Å². The molecule has 1 atom stereocenters.